The van der Waals surface area contributed by atoms with Crippen molar-refractivity contribution >= 4 is 16.7 Å². The Bertz CT molecular complexity index is 407. The fraction of sp³-hybridized carbons (Fsp3) is 0.857. The predicted octanol–water partition coefficient (Wildman–Crippen LogP) is 2.63. The van der Waals surface area contributed by atoms with Crippen molar-refractivity contribution in [1.29, 1.82) is 0 Å². The Morgan fingerprint density at radius 3 is 2.63 bits per heavy atom. The fourth-order valence-electron chi connectivity index (χ4n) is 2.70. The molecule has 106 valence electrons. The zero-order chi connectivity index (χ0) is 13.2. The van der Waals surface area contributed by atoms with E-state index in [1.807, 2.05) is 0 Å². The van der Waals surface area contributed by atoms with Crippen LogP contribution in [0.4, 0.5) is 5.13 Å². The van der Waals surface area contributed by atoms with Crippen molar-refractivity contribution in [3.05, 3.63) is 5.82 Å². The lowest BCUT2D eigenvalue weighted by Gasteiger charge is -2.32. The van der Waals surface area contributed by atoms with E-state index in [4.69, 9.17) is 4.98 Å². The normalized spacial score (nSPS) is 21.0. The van der Waals surface area contributed by atoms with Crippen LogP contribution in [0.25, 0.3) is 0 Å². The highest BCUT2D eigenvalue weighted by atomic mass is 32.1. The molecular weight excluding hydrogens is 256 g/mol. The first-order valence-electron chi connectivity index (χ1n) is 7.55. The van der Waals surface area contributed by atoms with E-state index in [2.05, 4.69) is 28.4 Å². The molecule has 2 heterocycles. The van der Waals surface area contributed by atoms with Crippen LogP contribution in [0.15, 0.2) is 0 Å². The third-order valence-electron chi connectivity index (χ3n) is 4.16. The largest absolute Gasteiger partial charge is 0.344 e. The number of aromatic nitrogens is 2. The molecule has 0 bridgehead atoms. The van der Waals surface area contributed by atoms with Crippen molar-refractivity contribution in [3.63, 3.8) is 0 Å². The summed E-state index contributed by atoms with van der Waals surface area (Å²) in [5, 5.41) is 4.58. The van der Waals surface area contributed by atoms with Crippen LogP contribution in [0.2, 0.25) is 0 Å². The highest BCUT2D eigenvalue weighted by Gasteiger charge is 2.29. The van der Waals surface area contributed by atoms with E-state index in [-0.39, 0.29) is 0 Å². The minimum atomic E-state index is 0.509. The fourth-order valence-corrected chi connectivity index (χ4v) is 3.59. The van der Waals surface area contributed by atoms with Gasteiger partial charge >= 0.3 is 0 Å². The molecule has 0 atom stereocenters. The van der Waals surface area contributed by atoms with Crippen LogP contribution >= 0.6 is 11.5 Å². The summed E-state index contributed by atoms with van der Waals surface area (Å²) in [6.07, 6.45) is 5.15. The van der Waals surface area contributed by atoms with Crippen molar-refractivity contribution in [2.24, 2.45) is 5.92 Å². The zero-order valence-electron chi connectivity index (χ0n) is 11.9. The lowest BCUT2D eigenvalue weighted by molar-refractivity contribution is 0.367. The average Bonchev–Trinajstić information content (AvgIpc) is 3.16. The molecule has 0 aromatic carbocycles. The maximum absolute atomic E-state index is 4.78. The summed E-state index contributed by atoms with van der Waals surface area (Å²) in [6, 6.07) is 0.509. The third-order valence-corrected chi connectivity index (χ3v) is 4.92. The maximum Gasteiger partial charge on any atom is 0.205 e. The van der Waals surface area contributed by atoms with Gasteiger partial charge in [0.15, 0.2) is 0 Å². The number of anilines is 1. The van der Waals surface area contributed by atoms with Gasteiger partial charge in [0.2, 0.25) is 5.13 Å². The van der Waals surface area contributed by atoms with Crippen LogP contribution in [-0.2, 0) is 0 Å². The van der Waals surface area contributed by atoms with Gasteiger partial charge < -0.3 is 10.2 Å². The Labute approximate surface area is 119 Å². The molecule has 1 saturated heterocycles. The maximum atomic E-state index is 4.78. The van der Waals surface area contributed by atoms with E-state index in [1.165, 1.54) is 38.8 Å². The van der Waals surface area contributed by atoms with Crippen molar-refractivity contribution in [2.45, 2.75) is 51.5 Å². The molecule has 2 fully saturated rings. The number of hydrogen-bond acceptors (Lipinski definition) is 5. The van der Waals surface area contributed by atoms with Gasteiger partial charge in [0.1, 0.15) is 5.82 Å². The number of hydrogen-bond donors (Lipinski definition) is 1. The quantitative estimate of drug-likeness (QED) is 0.900. The summed E-state index contributed by atoms with van der Waals surface area (Å²) in [5.74, 6) is 2.56. The van der Waals surface area contributed by atoms with Crippen molar-refractivity contribution < 1.29 is 0 Å². The van der Waals surface area contributed by atoms with Crippen LogP contribution in [0.3, 0.4) is 0 Å². The summed E-state index contributed by atoms with van der Waals surface area (Å²) in [6.45, 7) is 8.00. The number of rotatable bonds is 5. The molecular formula is C14H24N4S. The van der Waals surface area contributed by atoms with Gasteiger partial charge in [0.05, 0.1) is 0 Å². The molecule has 0 spiro atoms. The Balaban J connectivity index is 1.67. The Morgan fingerprint density at radius 2 is 2.00 bits per heavy atom. The molecule has 0 radical (unpaired) electrons. The SMILES string of the molecule is CC(C)N(CC1CCNCC1)c1nc(C2CC2)ns1. The van der Waals surface area contributed by atoms with Crippen LogP contribution in [0.1, 0.15) is 51.3 Å². The van der Waals surface area contributed by atoms with E-state index >= 15 is 0 Å². The van der Waals surface area contributed by atoms with Crippen LogP contribution in [0.5, 0.6) is 0 Å². The first-order chi connectivity index (χ1) is 9.24. The van der Waals surface area contributed by atoms with Gasteiger partial charge in [-0.1, -0.05) is 0 Å². The molecule has 1 N–H and O–H groups in total. The lowest BCUT2D eigenvalue weighted by Crippen LogP contribution is -2.39. The molecule has 1 aromatic rings. The van der Waals surface area contributed by atoms with Crippen molar-refractivity contribution in [2.75, 3.05) is 24.5 Å². The predicted molar refractivity (Wildman–Crippen MR) is 80.0 cm³/mol. The molecule has 1 aliphatic carbocycles. The number of nitrogens with zero attached hydrogens (tertiary/aromatic N) is 3. The smallest absolute Gasteiger partial charge is 0.205 e. The van der Waals surface area contributed by atoms with Crippen LogP contribution < -0.4 is 10.2 Å². The Hall–Kier alpha value is -0.680. The van der Waals surface area contributed by atoms with Gasteiger partial charge in [-0.3, -0.25) is 0 Å². The molecule has 5 heteroatoms. The van der Waals surface area contributed by atoms with Gasteiger partial charge in [0.25, 0.3) is 0 Å². The Kier molecular flexibility index (Phi) is 4.03. The minimum absolute atomic E-state index is 0.509. The van der Waals surface area contributed by atoms with E-state index < -0.39 is 0 Å². The van der Waals surface area contributed by atoms with Gasteiger partial charge in [-0.25, -0.2) is 4.98 Å². The average molecular weight is 280 g/mol. The van der Waals surface area contributed by atoms with Gasteiger partial charge in [0, 0.05) is 30.0 Å². The van der Waals surface area contributed by atoms with E-state index in [1.54, 1.807) is 11.5 Å². The highest BCUT2D eigenvalue weighted by Crippen LogP contribution is 2.40. The zero-order valence-corrected chi connectivity index (χ0v) is 12.7. The minimum Gasteiger partial charge on any atom is -0.344 e. The molecule has 0 amide bonds. The number of piperidine rings is 1. The van der Waals surface area contributed by atoms with Crippen LogP contribution in [0, 0.1) is 5.92 Å². The van der Waals surface area contributed by atoms with Crippen molar-refractivity contribution in [3.8, 4) is 0 Å². The summed E-state index contributed by atoms with van der Waals surface area (Å²) in [7, 11) is 0. The molecule has 1 aromatic heterocycles. The molecule has 2 aliphatic rings. The standard InChI is InChI=1S/C14H24N4S/c1-10(2)18(9-11-5-7-15-8-6-11)14-16-13(17-19-14)12-3-4-12/h10-12,15H,3-9H2,1-2H3. The molecule has 1 aliphatic heterocycles. The van der Waals surface area contributed by atoms with E-state index in [0.717, 1.165) is 23.4 Å². The first kappa shape index (κ1) is 13.3. The molecule has 1 saturated carbocycles. The second-order valence-electron chi connectivity index (χ2n) is 6.15. The molecule has 0 unspecified atom stereocenters. The highest BCUT2D eigenvalue weighted by molar-refractivity contribution is 7.09. The summed E-state index contributed by atoms with van der Waals surface area (Å²) < 4.78 is 4.55. The summed E-state index contributed by atoms with van der Waals surface area (Å²) >= 11 is 1.59. The van der Waals surface area contributed by atoms with E-state index in [0.29, 0.717) is 12.0 Å². The lowest BCUT2D eigenvalue weighted by atomic mass is 9.97. The first-order valence-corrected chi connectivity index (χ1v) is 8.32. The summed E-state index contributed by atoms with van der Waals surface area (Å²) in [4.78, 5) is 7.23. The second-order valence-corrected chi connectivity index (χ2v) is 6.88. The molecule has 4 nitrogen and oxygen atoms in total. The monoisotopic (exact) mass is 280 g/mol. The number of nitrogens with one attached hydrogen (secondary N) is 1. The van der Waals surface area contributed by atoms with Gasteiger partial charge in [-0.05, 0) is 58.5 Å². The van der Waals surface area contributed by atoms with E-state index in [9.17, 15) is 0 Å². The Morgan fingerprint density at radius 1 is 1.26 bits per heavy atom. The van der Waals surface area contributed by atoms with Gasteiger partial charge in [-0.15, -0.1) is 0 Å². The van der Waals surface area contributed by atoms with Crippen molar-refractivity contribution in [1.82, 2.24) is 14.7 Å². The molecule has 19 heavy (non-hydrogen) atoms. The molecule has 3 rings (SSSR count). The topological polar surface area (TPSA) is 41.0 Å². The summed E-state index contributed by atoms with van der Waals surface area (Å²) in [5.41, 5.74) is 0. The van der Waals surface area contributed by atoms with Gasteiger partial charge in [-0.2, -0.15) is 4.37 Å². The third kappa shape index (κ3) is 3.26. The van der Waals surface area contributed by atoms with Crippen LogP contribution in [-0.4, -0.2) is 35.0 Å². The second kappa shape index (κ2) is 5.75.